The molecule has 2 rings (SSSR count). The van der Waals surface area contributed by atoms with E-state index in [1.807, 2.05) is 30.3 Å². The number of nitrogens with one attached hydrogen (secondary N) is 2. The van der Waals surface area contributed by atoms with Crippen molar-refractivity contribution in [2.24, 2.45) is 0 Å². The minimum atomic E-state index is -3.58. The number of carbonyl (C=O) groups excluding carboxylic acids is 1. The van der Waals surface area contributed by atoms with Crippen molar-refractivity contribution in [3.63, 3.8) is 0 Å². The summed E-state index contributed by atoms with van der Waals surface area (Å²) >= 11 is 0. The number of carbonyl (C=O) groups is 1. The quantitative estimate of drug-likeness (QED) is 0.755. The second kappa shape index (κ2) is 8.28. The normalized spacial score (nSPS) is 10.8. The van der Waals surface area contributed by atoms with E-state index in [2.05, 4.69) is 16.6 Å². The van der Waals surface area contributed by atoms with E-state index in [-0.39, 0.29) is 18.0 Å². The standard InChI is InChI=1S/C17H18N2O4S/c1-2-12-18-24(21,22)16-10-8-15(9-11-16)19-17(20)23-13-14-6-4-3-5-7-14/h2-11,18H,1,12-13H2,(H,19,20). The predicted octanol–water partition coefficient (Wildman–Crippen LogP) is 2.90. The highest BCUT2D eigenvalue weighted by Crippen LogP contribution is 2.14. The summed E-state index contributed by atoms with van der Waals surface area (Å²) in [5.74, 6) is 0. The maximum absolute atomic E-state index is 11.9. The summed E-state index contributed by atoms with van der Waals surface area (Å²) in [7, 11) is -3.58. The summed E-state index contributed by atoms with van der Waals surface area (Å²) in [4.78, 5) is 11.8. The Labute approximate surface area is 141 Å². The zero-order chi connectivity index (χ0) is 17.4. The van der Waals surface area contributed by atoms with Gasteiger partial charge in [-0.05, 0) is 29.8 Å². The molecule has 0 bridgehead atoms. The molecule has 2 aromatic rings. The van der Waals surface area contributed by atoms with E-state index in [4.69, 9.17) is 4.74 Å². The molecule has 0 saturated carbocycles. The Hall–Kier alpha value is -2.64. The average molecular weight is 346 g/mol. The van der Waals surface area contributed by atoms with Crippen molar-refractivity contribution in [3.05, 3.63) is 72.8 Å². The molecular weight excluding hydrogens is 328 g/mol. The zero-order valence-corrected chi connectivity index (χ0v) is 13.8. The molecule has 0 aliphatic heterocycles. The number of amides is 1. The molecule has 0 aliphatic carbocycles. The third-order valence-electron chi connectivity index (χ3n) is 3.04. The summed E-state index contributed by atoms with van der Waals surface area (Å²) in [5, 5.41) is 2.54. The number of ether oxygens (including phenoxy) is 1. The molecule has 0 spiro atoms. The fourth-order valence-corrected chi connectivity index (χ4v) is 2.84. The highest BCUT2D eigenvalue weighted by molar-refractivity contribution is 7.89. The summed E-state index contributed by atoms with van der Waals surface area (Å²) in [6.45, 7) is 3.76. The van der Waals surface area contributed by atoms with Gasteiger partial charge in [-0.25, -0.2) is 17.9 Å². The first-order chi connectivity index (χ1) is 11.5. The lowest BCUT2D eigenvalue weighted by Gasteiger charge is -2.08. The number of hydrogen-bond acceptors (Lipinski definition) is 4. The molecule has 0 atom stereocenters. The van der Waals surface area contributed by atoms with Gasteiger partial charge in [-0.15, -0.1) is 6.58 Å². The lowest BCUT2D eigenvalue weighted by Crippen LogP contribution is -2.23. The first-order valence-corrected chi connectivity index (χ1v) is 8.68. The Kier molecular flexibility index (Phi) is 6.11. The molecule has 0 saturated heterocycles. The van der Waals surface area contributed by atoms with Gasteiger partial charge in [0.05, 0.1) is 4.90 Å². The lowest BCUT2D eigenvalue weighted by atomic mass is 10.2. The Morgan fingerprint density at radius 2 is 1.75 bits per heavy atom. The average Bonchev–Trinajstić information content (AvgIpc) is 2.60. The van der Waals surface area contributed by atoms with Crippen molar-refractivity contribution in [2.75, 3.05) is 11.9 Å². The van der Waals surface area contributed by atoms with E-state index >= 15 is 0 Å². The van der Waals surface area contributed by atoms with Gasteiger partial charge in [-0.3, -0.25) is 5.32 Å². The molecule has 0 fully saturated rings. The summed E-state index contributed by atoms with van der Waals surface area (Å²) in [6, 6.07) is 15.1. The van der Waals surface area contributed by atoms with E-state index in [1.165, 1.54) is 30.3 Å². The van der Waals surface area contributed by atoms with Gasteiger partial charge in [0.25, 0.3) is 0 Å². The minimum absolute atomic E-state index is 0.104. The van der Waals surface area contributed by atoms with Crippen LogP contribution in [-0.2, 0) is 21.4 Å². The van der Waals surface area contributed by atoms with Crippen LogP contribution >= 0.6 is 0 Å². The number of rotatable bonds is 7. The molecule has 24 heavy (non-hydrogen) atoms. The maximum Gasteiger partial charge on any atom is 0.411 e. The van der Waals surface area contributed by atoms with Gasteiger partial charge >= 0.3 is 6.09 Å². The molecule has 2 N–H and O–H groups in total. The van der Waals surface area contributed by atoms with Crippen LogP contribution in [-0.4, -0.2) is 21.1 Å². The molecule has 0 aliphatic rings. The van der Waals surface area contributed by atoms with Crippen LogP contribution in [0.25, 0.3) is 0 Å². The molecule has 0 unspecified atom stereocenters. The molecule has 6 nitrogen and oxygen atoms in total. The molecule has 0 heterocycles. The predicted molar refractivity (Wildman–Crippen MR) is 92.1 cm³/mol. The highest BCUT2D eigenvalue weighted by Gasteiger charge is 2.12. The van der Waals surface area contributed by atoms with Crippen molar-refractivity contribution < 1.29 is 17.9 Å². The SMILES string of the molecule is C=CCNS(=O)(=O)c1ccc(NC(=O)OCc2ccccc2)cc1. The Bertz CT molecular complexity index is 787. The molecule has 1 amide bonds. The van der Waals surface area contributed by atoms with Crippen molar-refractivity contribution in [2.45, 2.75) is 11.5 Å². The van der Waals surface area contributed by atoms with Crippen molar-refractivity contribution in [1.29, 1.82) is 0 Å². The van der Waals surface area contributed by atoms with E-state index in [9.17, 15) is 13.2 Å². The maximum atomic E-state index is 11.9. The zero-order valence-electron chi connectivity index (χ0n) is 12.9. The van der Waals surface area contributed by atoms with Gasteiger partial charge in [0.2, 0.25) is 10.0 Å². The summed E-state index contributed by atoms with van der Waals surface area (Å²) in [6.07, 6.45) is 0.843. The van der Waals surface area contributed by atoms with Crippen LogP contribution in [0.2, 0.25) is 0 Å². The Balaban J connectivity index is 1.91. The van der Waals surface area contributed by atoms with Crippen LogP contribution < -0.4 is 10.0 Å². The Morgan fingerprint density at radius 3 is 2.38 bits per heavy atom. The lowest BCUT2D eigenvalue weighted by molar-refractivity contribution is 0.155. The molecule has 0 radical (unpaired) electrons. The second-order valence-corrected chi connectivity index (χ2v) is 6.62. The van der Waals surface area contributed by atoms with Gasteiger partial charge in [0.15, 0.2) is 0 Å². The van der Waals surface area contributed by atoms with Crippen LogP contribution in [0.1, 0.15) is 5.56 Å². The molecule has 2 aromatic carbocycles. The van der Waals surface area contributed by atoms with Gasteiger partial charge in [0.1, 0.15) is 6.61 Å². The fourth-order valence-electron chi connectivity index (χ4n) is 1.85. The molecule has 7 heteroatoms. The number of hydrogen-bond donors (Lipinski definition) is 2. The largest absolute Gasteiger partial charge is 0.444 e. The van der Waals surface area contributed by atoms with Crippen molar-refractivity contribution in [1.82, 2.24) is 4.72 Å². The van der Waals surface area contributed by atoms with E-state index in [0.717, 1.165) is 5.56 Å². The Morgan fingerprint density at radius 1 is 1.08 bits per heavy atom. The number of sulfonamides is 1. The van der Waals surface area contributed by atoms with Gasteiger partial charge in [0, 0.05) is 12.2 Å². The van der Waals surface area contributed by atoms with Crippen LogP contribution in [0, 0.1) is 0 Å². The van der Waals surface area contributed by atoms with Gasteiger partial charge < -0.3 is 4.74 Å². The topological polar surface area (TPSA) is 84.5 Å². The van der Waals surface area contributed by atoms with E-state index in [1.54, 1.807) is 0 Å². The summed E-state index contributed by atoms with van der Waals surface area (Å²) < 4.78 is 31.3. The van der Waals surface area contributed by atoms with Gasteiger partial charge in [-0.1, -0.05) is 36.4 Å². The van der Waals surface area contributed by atoms with Gasteiger partial charge in [-0.2, -0.15) is 0 Å². The first-order valence-electron chi connectivity index (χ1n) is 7.19. The number of anilines is 1. The second-order valence-electron chi connectivity index (χ2n) is 4.85. The third kappa shape index (κ3) is 5.22. The van der Waals surface area contributed by atoms with Crippen molar-refractivity contribution in [3.8, 4) is 0 Å². The van der Waals surface area contributed by atoms with E-state index in [0.29, 0.717) is 5.69 Å². The number of benzene rings is 2. The van der Waals surface area contributed by atoms with E-state index < -0.39 is 16.1 Å². The van der Waals surface area contributed by atoms with Crippen molar-refractivity contribution >= 4 is 21.8 Å². The summed E-state index contributed by atoms with van der Waals surface area (Å²) in [5.41, 5.74) is 1.32. The molecular formula is C17H18N2O4S. The van der Waals surface area contributed by atoms with Crippen LogP contribution in [0.5, 0.6) is 0 Å². The molecule has 0 aromatic heterocycles. The van der Waals surface area contributed by atoms with Crippen LogP contribution in [0.4, 0.5) is 10.5 Å². The first kappa shape index (κ1) is 17.7. The fraction of sp³-hybridized carbons (Fsp3) is 0.118. The molecule has 126 valence electrons. The third-order valence-corrected chi connectivity index (χ3v) is 4.48. The van der Waals surface area contributed by atoms with Crippen LogP contribution in [0.15, 0.2) is 72.1 Å². The minimum Gasteiger partial charge on any atom is -0.444 e. The smallest absolute Gasteiger partial charge is 0.411 e. The monoisotopic (exact) mass is 346 g/mol. The highest BCUT2D eigenvalue weighted by atomic mass is 32.2. The van der Waals surface area contributed by atoms with Crippen LogP contribution in [0.3, 0.4) is 0 Å².